The van der Waals surface area contributed by atoms with Crippen molar-refractivity contribution in [1.82, 2.24) is 9.80 Å². The predicted molar refractivity (Wildman–Crippen MR) is 77.2 cm³/mol. The topological polar surface area (TPSA) is 57.7 Å². The number of nitrogens with zero attached hydrogens (tertiary/aromatic N) is 2. The summed E-state index contributed by atoms with van der Waals surface area (Å²) in [5, 5.41) is 0. The summed E-state index contributed by atoms with van der Waals surface area (Å²) in [7, 11) is 0. The first-order chi connectivity index (χ1) is 9.79. The largest absolute Gasteiger partial charge is 0.336 e. The van der Waals surface area contributed by atoms with Gasteiger partial charge >= 0.3 is 0 Å². The molecule has 21 heavy (non-hydrogen) atoms. The fraction of sp³-hybridized carbons (Fsp3) is 0.812. The number of amides is 3. The Kier molecular flexibility index (Phi) is 3.34. The molecule has 5 heteroatoms. The second kappa shape index (κ2) is 4.82. The van der Waals surface area contributed by atoms with Crippen molar-refractivity contribution in [3.63, 3.8) is 0 Å². The monoisotopic (exact) mass is 292 g/mol. The Bertz CT molecular complexity index is 464. The lowest BCUT2D eigenvalue weighted by Gasteiger charge is -2.43. The number of hydrogen-bond acceptors (Lipinski definition) is 3. The van der Waals surface area contributed by atoms with Crippen molar-refractivity contribution in [2.75, 3.05) is 0 Å². The van der Waals surface area contributed by atoms with E-state index in [1.165, 1.54) is 4.90 Å². The number of hydrogen-bond donors (Lipinski definition) is 0. The summed E-state index contributed by atoms with van der Waals surface area (Å²) in [6.45, 7) is 5.86. The van der Waals surface area contributed by atoms with E-state index in [0.717, 1.165) is 25.7 Å². The molecule has 3 rings (SSSR count). The number of carbonyl (C=O) groups is 3. The molecule has 2 unspecified atom stereocenters. The average Bonchev–Trinajstić information content (AvgIpc) is 2.85. The van der Waals surface area contributed by atoms with Gasteiger partial charge in [0, 0.05) is 36.4 Å². The minimum Gasteiger partial charge on any atom is -0.336 e. The molecule has 0 aromatic rings. The number of carbonyl (C=O) groups excluding carboxylic acids is 3. The summed E-state index contributed by atoms with van der Waals surface area (Å²) in [6, 6.07) is 0.400. The highest BCUT2D eigenvalue weighted by atomic mass is 16.2. The van der Waals surface area contributed by atoms with Crippen LogP contribution in [0.1, 0.15) is 59.3 Å². The van der Waals surface area contributed by atoms with Gasteiger partial charge in [-0.15, -0.1) is 0 Å². The number of piperidine rings is 1. The molecule has 0 N–H and O–H groups in total. The Morgan fingerprint density at radius 2 is 1.43 bits per heavy atom. The minimum atomic E-state index is -0.368. The lowest BCUT2D eigenvalue weighted by molar-refractivity contribution is -0.148. The fourth-order valence-electron chi connectivity index (χ4n) is 4.08. The molecule has 0 aromatic carbocycles. The first-order valence-electron chi connectivity index (χ1n) is 7.96. The average molecular weight is 292 g/mol. The molecular formula is C16H24N2O3. The molecule has 3 saturated heterocycles. The molecule has 2 atom stereocenters. The van der Waals surface area contributed by atoms with Gasteiger partial charge in [-0.1, -0.05) is 20.8 Å². The zero-order valence-electron chi connectivity index (χ0n) is 13.1. The first kappa shape index (κ1) is 14.5. The van der Waals surface area contributed by atoms with Gasteiger partial charge in [0.05, 0.1) is 0 Å². The molecule has 116 valence electrons. The van der Waals surface area contributed by atoms with E-state index < -0.39 is 0 Å². The molecule has 0 radical (unpaired) electrons. The Morgan fingerprint density at radius 3 is 1.86 bits per heavy atom. The van der Waals surface area contributed by atoms with E-state index in [4.69, 9.17) is 0 Å². The van der Waals surface area contributed by atoms with Crippen LogP contribution in [0.15, 0.2) is 0 Å². The maximum atomic E-state index is 12.6. The van der Waals surface area contributed by atoms with Crippen LogP contribution in [0.25, 0.3) is 0 Å². The normalized spacial score (nSPS) is 33.0. The van der Waals surface area contributed by atoms with Crippen molar-refractivity contribution in [2.45, 2.75) is 77.4 Å². The lowest BCUT2D eigenvalue weighted by atomic mass is 9.89. The zero-order chi connectivity index (χ0) is 15.4. The van der Waals surface area contributed by atoms with Gasteiger partial charge in [0.25, 0.3) is 0 Å². The quantitative estimate of drug-likeness (QED) is 0.691. The first-order valence-corrected chi connectivity index (χ1v) is 7.96. The summed E-state index contributed by atoms with van der Waals surface area (Å²) >= 11 is 0. The van der Waals surface area contributed by atoms with Gasteiger partial charge in [-0.3, -0.25) is 19.3 Å². The van der Waals surface area contributed by atoms with Crippen LogP contribution in [0.3, 0.4) is 0 Å². The summed E-state index contributed by atoms with van der Waals surface area (Å²) in [4.78, 5) is 40.0. The van der Waals surface area contributed by atoms with E-state index in [-0.39, 0.29) is 41.3 Å². The van der Waals surface area contributed by atoms with Crippen LogP contribution in [0.5, 0.6) is 0 Å². The van der Waals surface area contributed by atoms with Crippen molar-refractivity contribution >= 4 is 17.7 Å². The zero-order valence-corrected chi connectivity index (χ0v) is 13.1. The predicted octanol–water partition coefficient (Wildman–Crippen LogP) is 1.70. The highest BCUT2D eigenvalue weighted by molar-refractivity contribution is 6.02. The fourth-order valence-corrected chi connectivity index (χ4v) is 4.08. The van der Waals surface area contributed by atoms with Crippen molar-refractivity contribution < 1.29 is 14.4 Å². The van der Waals surface area contributed by atoms with Crippen LogP contribution in [0.2, 0.25) is 0 Å². The minimum absolute atomic E-state index is 0.00835. The van der Waals surface area contributed by atoms with E-state index in [1.807, 2.05) is 25.7 Å². The lowest BCUT2D eigenvalue weighted by Crippen LogP contribution is -2.55. The second-order valence-corrected chi connectivity index (χ2v) is 7.63. The van der Waals surface area contributed by atoms with Crippen LogP contribution >= 0.6 is 0 Å². The number of imide groups is 1. The van der Waals surface area contributed by atoms with Crippen molar-refractivity contribution in [3.05, 3.63) is 0 Å². The van der Waals surface area contributed by atoms with E-state index in [9.17, 15) is 14.4 Å². The molecule has 0 spiro atoms. The Hall–Kier alpha value is -1.39. The summed E-state index contributed by atoms with van der Waals surface area (Å²) in [6.07, 6.45) is 4.23. The molecule has 5 nitrogen and oxygen atoms in total. The summed E-state index contributed by atoms with van der Waals surface area (Å²) in [5.41, 5.74) is -0.368. The Balaban J connectivity index is 1.77. The molecule has 3 aliphatic heterocycles. The van der Waals surface area contributed by atoms with Gasteiger partial charge in [0.2, 0.25) is 17.7 Å². The highest BCUT2D eigenvalue weighted by Crippen LogP contribution is 2.40. The molecule has 3 aliphatic rings. The van der Waals surface area contributed by atoms with Gasteiger partial charge in [-0.05, 0) is 25.7 Å². The Labute approximate surface area is 125 Å². The van der Waals surface area contributed by atoms with Crippen LogP contribution in [0.4, 0.5) is 0 Å². The third-order valence-corrected chi connectivity index (χ3v) is 5.04. The molecular weight excluding hydrogens is 268 g/mol. The third kappa shape index (κ3) is 2.36. The van der Waals surface area contributed by atoms with Crippen molar-refractivity contribution in [1.29, 1.82) is 0 Å². The molecule has 0 saturated carbocycles. The standard InChI is InChI=1S/C16H24N2O3/c1-16(2,3)15(21)17-10-4-5-11(17)9-12(8-10)18-13(19)6-7-14(18)20/h10-12H,4-9H2,1-3H3. The summed E-state index contributed by atoms with van der Waals surface area (Å²) < 4.78 is 0. The van der Waals surface area contributed by atoms with Crippen LogP contribution in [-0.4, -0.2) is 45.6 Å². The SMILES string of the molecule is CC(C)(C)C(=O)N1C2CCC1CC(N1C(=O)CCC1=O)C2. The molecule has 0 aliphatic carbocycles. The molecule has 0 aromatic heterocycles. The smallest absolute Gasteiger partial charge is 0.229 e. The van der Waals surface area contributed by atoms with E-state index in [2.05, 4.69) is 0 Å². The van der Waals surface area contributed by atoms with E-state index in [1.54, 1.807) is 0 Å². The number of likely N-dealkylation sites (tertiary alicyclic amines) is 1. The number of fused-ring (bicyclic) bond motifs is 2. The van der Waals surface area contributed by atoms with Gasteiger partial charge in [-0.25, -0.2) is 0 Å². The van der Waals surface area contributed by atoms with Gasteiger partial charge in [0.1, 0.15) is 0 Å². The van der Waals surface area contributed by atoms with Crippen molar-refractivity contribution in [3.8, 4) is 0 Å². The summed E-state index contributed by atoms with van der Waals surface area (Å²) in [5.74, 6) is 0.146. The molecule has 3 heterocycles. The van der Waals surface area contributed by atoms with Crippen molar-refractivity contribution in [2.24, 2.45) is 5.41 Å². The number of rotatable bonds is 1. The maximum Gasteiger partial charge on any atom is 0.229 e. The van der Waals surface area contributed by atoms with Crippen LogP contribution in [0, 0.1) is 5.41 Å². The van der Waals surface area contributed by atoms with Gasteiger partial charge in [0.15, 0.2) is 0 Å². The third-order valence-electron chi connectivity index (χ3n) is 5.04. The van der Waals surface area contributed by atoms with Gasteiger partial charge in [-0.2, -0.15) is 0 Å². The molecule has 3 fully saturated rings. The van der Waals surface area contributed by atoms with E-state index >= 15 is 0 Å². The molecule has 2 bridgehead atoms. The molecule has 3 amide bonds. The Morgan fingerprint density at radius 1 is 0.952 bits per heavy atom. The maximum absolute atomic E-state index is 12.6. The second-order valence-electron chi connectivity index (χ2n) is 7.63. The van der Waals surface area contributed by atoms with Crippen LogP contribution in [-0.2, 0) is 14.4 Å². The van der Waals surface area contributed by atoms with Gasteiger partial charge < -0.3 is 4.90 Å². The van der Waals surface area contributed by atoms with E-state index in [0.29, 0.717) is 12.8 Å². The van der Waals surface area contributed by atoms with Crippen LogP contribution < -0.4 is 0 Å². The highest BCUT2D eigenvalue weighted by Gasteiger charge is 2.49.